The van der Waals surface area contributed by atoms with Crippen molar-refractivity contribution < 1.29 is 22.7 Å². The van der Waals surface area contributed by atoms with Crippen LogP contribution in [0.25, 0.3) is 10.2 Å². The van der Waals surface area contributed by atoms with E-state index in [0.717, 1.165) is 16.0 Å². The Morgan fingerprint density at radius 1 is 1.24 bits per heavy atom. The fraction of sp³-hybridized carbons (Fsp3) is 0.294. The number of carbonyl (C=O) groups excluding carboxylic acids is 1. The van der Waals surface area contributed by atoms with Gasteiger partial charge in [-0.1, -0.05) is 22.9 Å². The number of aromatic nitrogens is 1. The van der Waals surface area contributed by atoms with Crippen LogP contribution in [0.1, 0.15) is 12.8 Å². The first-order chi connectivity index (χ1) is 13.9. The molecule has 1 aromatic carbocycles. The number of rotatable bonds is 4. The van der Waals surface area contributed by atoms with Gasteiger partial charge in [0.25, 0.3) is 10.0 Å². The minimum absolute atomic E-state index is 0.136. The molecule has 29 heavy (non-hydrogen) atoms. The minimum atomic E-state index is -3.78. The highest BCUT2D eigenvalue weighted by Crippen LogP contribution is 2.39. The Bertz CT molecular complexity index is 1180. The number of amides is 1. The van der Waals surface area contributed by atoms with Crippen LogP contribution in [-0.4, -0.2) is 43.0 Å². The van der Waals surface area contributed by atoms with Gasteiger partial charge < -0.3 is 14.8 Å². The minimum Gasteiger partial charge on any atom is -0.454 e. The normalized spacial score (nSPS) is 19.1. The summed E-state index contributed by atoms with van der Waals surface area (Å²) < 4.78 is 39.2. The largest absolute Gasteiger partial charge is 0.454 e. The molecule has 0 bridgehead atoms. The zero-order valence-electron chi connectivity index (χ0n) is 14.8. The average molecular weight is 472 g/mol. The van der Waals surface area contributed by atoms with E-state index < -0.39 is 22.0 Å². The number of hydrogen-bond donors (Lipinski definition) is 1. The van der Waals surface area contributed by atoms with E-state index >= 15 is 0 Å². The van der Waals surface area contributed by atoms with Crippen LogP contribution in [0.15, 0.2) is 28.5 Å². The summed E-state index contributed by atoms with van der Waals surface area (Å²) in [6.45, 7) is 0.467. The van der Waals surface area contributed by atoms with Crippen LogP contribution in [0.3, 0.4) is 0 Å². The first-order valence-corrected chi connectivity index (χ1v) is 12.2. The van der Waals surface area contributed by atoms with Crippen molar-refractivity contribution in [2.75, 3.05) is 18.7 Å². The number of halogens is 1. The van der Waals surface area contributed by atoms with Gasteiger partial charge >= 0.3 is 0 Å². The number of nitrogens with one attached hydrogen (secondary N) is 1. The molecule has 8 nitrogen and oxygen atoms in total. The molecule has 0 unspecified atom stereocenters. The predicted molar refractivity (Wildman–Crippen MR) is 111 cm³/mol. The van der Waals surface area contributed by atoms with E-state index in [1.165, 1.54) is 27.8 Å². The molecule has 0 aliphatic carbocycles. The van der Waals surface area contributed by atoms with Crippen molar-refractivity contribution in [2.24, 2.45) is 0 Å². The molecular formula is C17H14ClN3O5S3. The van der Waals surface area contributed by atoms with Crippen LogP contribution >= 0.6 is 34.3 Å². The van der Waals surface area contributed by atoms with Gasteiger partial charge in [0, 0.05) is 18.7 Å². The van der Waals surface area contributed by atoms with E-state index in [9.17, 15) is 13.2 Å². The third-order valence-corrected chi connectivity index (χ3v) is 9.27. The second-order valence-corrected chi connectivity index (χ2v) is 11.4. The smallest absolute Gasteiger partial charge is 0.253 e. The first kappa shape index (κ1) is 19.1. The standard InChI is InChI=1S/C17H14ClN3O5S3/c18-14-3-4-15(28-14)29(23,24)21-5-1-2-10(21)16(22)20-17-19-9-6-11-12(26-8-25-11)7-13(9)27-17/h3-4,6-7,10H,1-2,5,8H2,(H,19,20,22)/t10-/m1/s1. The molecule has 1 saturated heterocycles. The Morgan fingerprint density at radius 3 is 2.79 bits per heavy atom. The highest BCUT2D eigenvalue weighted by atomic mass is 35.5. The number of sulfonamides is 1. The van der Waals surface area contributed by atoms with E-state index in [0.29, 0.717) is 39.3 Å². The van der Waals surface area contributed by atoms with Crippen molar-refractivity contribution in [1.82, 2.24) is 9.29 Å². The van der Waals surface area contributed by atoms with Gasteiger partial charge in [-0.25, -0.2) is 13.4 Å². The monoisotopic (exact) mass is 471 g/mol. The zero-order valence-corrected chi connectivity index (χ0v) is 18.0. The number of fused-ring (bicyclic) bond motifs is 2. The summed E-state index contributed by atoms with van der Waals surface area (Å²) in [7, 11) is -3.78. The van der Waals surface area contributed by atoms with Gasteiger partial charge in [0.15, 0.2) is 16.6 Å². The number of benzene rings is 1. The molecule has 2 aliphatic heterocycles. The lowest BCUT2D eigenvalue weighted by Crippen LogP contribution is -2.42. The highest BCUT2D eigenvalue weighted by Gasteiger charge is 2.40. The van der Waals surface area contributed by atoms with Gasteiger partial charge in [-0.05, 0) is 25.0 Å². The first-order valence-electron chi connectivity index (χ1n) is 8.70. The van der Waals surface area contributed by atoms with Crippen LogP contribution in [-0.2, 0) is 14.8 Å². The molecule has 2 aromatic heterocycles. The fourth-order valence-electron chi connectivity index (χ4n) is 3.40. The third kappa shape index (κ3) is 3.36. The van der Waals surface area contributed by atoms with Crippen LogP contribution in [0.2, 0.25) is 4.34 Å². The lowest BCUT2D eigenvalue weighted by molar-refractivity contribution is -0.119. The molecule has 4 heterocycles. The van der Waals surface area contributed by atoms with Crippen molar-refractivity contribution in [3.8, 4) is 11.5 Å². The fourth-order valence-corrected chi connectivity index (χ4v) is 7.55. The van der Waals surface area contributed by atoms with E-state index in [1.807, 2.05) is 6.07 Å². The average Bonchev–Trinajstić information content (AvgIpc) is 3.45. The van der Waals surface area contributed by atoms with Crippen LogP contribution in [0, 0.1) is 0 Å². The zero-order chi connectivity index (χ0) is 20.2. The number of anilines is 1. The van der Waals surface area contributed by atoms with Gasteiger partial charge in [-0.3, -0.25) is 4.79 Å². The molecule has 1 atom stereocenters. The van der Waals surface area contributed by atoms with Crippen LogP contribution < -0.4 is 14.8 Å². The summed E-state index contributed by atoms with van der Waals surface area (Å²) in [4.78, 5) is 17.3. The third-order valence-electron chi connectivity index (χ3n) is 4.73. The maximum absolute atomic E-state index is 12.9. The van der Waals surface area contributed by atoms with E-state index in [-0.39, 0.29) is 17.5 Å². The summed E-state index contributed by atoms with van der Waals surface area (Å²) in [5.41, 5.74) is 0.679. The lowest BCUT2D eigenvalue weighted by atomic mass is 10.2. The van der Waals surface area contributed by atoms with E-state index in [4.69, 9.17) is 21.1 Å². The van der Waals surface area contributed by atoms with Crippen molar-refractivity contribution >= 4 is 65.6 Å². The molecule has 0 spiro atoms. The topological polar surface area (TPSA) is 97.8 Å². The molecule has 0 radical (unpaired) electrons. The highest BCUT2D eigenvalue weighted by molar-refractivity contribution is 7.91. The molecular weight excluding hydrogens is 458 g/mol. The second-order valence-electron chi connectivity index (χ2n) is 6.51. The Hall–Kier alpha value is -1.92. The Kier molecular flexibility index (Phi) is 4.67. The molecule has 0 saturated carbocycles. The van der Waals surface area contributed by atoms with Gasteiger partial charge in [0.1, 0.15) is 10.3 Å². The van der Waals surface area contributed by atoms with Crippen molar-refractivity contribution in [1.29, 1.82) is 0 Å². The summed E-state index contributed by atoms with van der Waals surface area (Å²) in [6.07, 6.45) is 1.06. The lowest BCUT2D eigenvalue weighted by Gasteiger charge is -2.22. The molecule has 12 heteroatoms. The number of hydrogen-bond acceptors (Lipinski definition) is 8. The molecule has 1 N–H and O–H groups in total. The van der Waals surface area contributed by atoms with Crippen molar-refractivity contribution in [3.63, 3.8) is 0 Å². The summed E-state index contributed by atoms with van der Waals surface area (Å²) in [6, 6.07) is 5.79. The van der Waals surface area contributed by atoms with E-state index in [1.54, 1.807) is 6.07 Å². The molecule has 1 fully saturated rings. The number of ether oxygens (including phenoxy) is 2. The number of carbonyl (C=O) groups is 1. The van der Waals surface area contributed by atoms with Crippen molar-refractivity contribution in [3.05, 3.63) is 28.6 Å². The number of thiophene rings is 1. The number of thiazole rings is 1. The maximum atomic E-state index is 12.9. The number of nitrogens with zero attached hydrogens (tertiary/aromatic N) is 2. The summed E-state index contributed by atoms with van der Waals surface area (Å²) in [5.74, 6) is 0.859. The Morgan fingerprint density at radius 2 is 2.03 bits per heavy atom. The van der Waals surface area contributed by atoms with Gasteiger partial charge in [0.2, 0.25) is 12.7 Å². The molecule has 152 valence electrons. The Labute approximate surface area is 179 Å². The quantitative estimate of drug-likeness (QED) is 0.625. The van der Waals surface area contributed by atoms with E-state index in [2.05, 4.69) is 10.3 Å². The molecule has 1 amide bonds. The summed E-state index contributed by atoms with van der Waals surface area (Å²) in [5, 5.41) is 3.17. The molecule has 3 aromatic rings. The van der Waals surface area contributed by atoms with Crippen molar-refractivity contribution in [2.45, 2.75) is 23.1 Å². The van der Waals surface area contributed by atoms with Gasteiger partial charge in [0.05, 0.1) is 14.6 Å². The second kappa shape index (κ2) is 7.10. The maximum Gasteiger partial charge on any atom is 0.253 e. The molecule has 2 aliphatic rings. The predicted octanol–water partition coefficient (Wildman–Crippen LogP) is 3.53. The Balaban J connectivity index is 1.38. The SMILES string of the molecule is O=C(Nc1nc2cc3c(cc2s1)OCO3)[C@H]1CCCN1S(=O)(=O)c1ccc(Cl)s1. The van der Waals surface area contributed by atoms with Crippen LogP contribution in [0.4, 0.5) is 5.13 Å². The summed E-state index contributed by atoms with van der Waals surface area (Å²) >= 11 is 8.17. The van der Waals surface area contributed by atoms with Gasteiger partial charge in [-0.2, -0.15) is 4.31 Å². The van der Waals surface area contributed by atoms with Gasteiger partial charge in [-0.15, -0.1) is 11.3 Å². The van der Waals surface area contributed by atoms with Crippen LogP contribution in [0.5, 0.6) is 11.5 Å². The molecule has 5 rings (SSSR count).